The third-order valence-electron chi connectivity index (χ3n) is 9.36. The van der Waals surface area contributed by atoms with E-state index >= 15 is 0 Å². The minimum absolute atomic E-state index is 0.913. The molecule has 10 rings (SSSR count). The van der Waals surface area contributed by atoms with Crippen molar-refractivity contribution in [1.82, 2.24) is 14.5 Å². The lowest BCUT2D eigenvalue weighted by atomic mass is 9.95. The number of benzene rings is 6. The number of rotatable bonds is 3. The van der Waals surface area contributed by atoms with E-state index in [2.05, 4.69) is 161 Å². The minimum Gasteiger partial charge on any atom is -0.309 e. The van der Waals surface area contributed by atoms with Crippen molar-refractivity contribution < 1.29 is 0 Å². The Labute approximate surface area is 265 Å². The predicted octanol–water partition coefficient (Wildman–Crippen LogP) is 11.0. The molecule has 0 atom stereocenters. The van der Waals surface area contributed by atoms with Crippen molar-refractivity contribution in [2.75, 3.05) is 4.90 Å². The largest absolute Gasteiger partial charge is 0.309 e. The van der Waals surface area contributed by atoms with Gasteiger partial charge in [0, 0.05) is 39.3 Å². The van der Waals surface area contributed by atoms with Crippen LogP contribution in [-0.2, 0) is 0 Å². The van der Waals surface area contributed by atoms with Crippen molar-refractivity contribution in [2.24, 2.45) is 0 Å². The lowest BCUT2D eigenvalue weighted by molar-refractivity contribution is 1.18. The Bertz CT molecular complexity index is 2640. The molecular formula is C42H26N4. The maximum atomic E-state index is 5.26. The summed E-state index contributed by atoms with van der Waals surface area (Å²) in [5.74, 6) is 0.913. The molecule has 0 saturated carbocycles. The van der Waals surface area contributed by atoms with E-state index in [9.17, 15) is 0 Å². The van der Waals surface area contributed by atoms with Crippen LogP contribution in [0.2, 0.25) is 0 Å². The maximum Gasteiger partial charge on any atom is 0.148 e. The number of pyridine rings is 2. The van der Waals surface area contributed by atoms with Gasteiger partial charge in [0.05, 0.1) is 33.3 Å². The second kappa shape index (κ2) is 9.62. The monoisotopic (exact) mass is 586 g/mol. The molecule has 0 fully saturated rings. The van der Waals surface area contributed by atoms with Gasteiger partial charge in [0.1, 0.15) is 5.82 Å². The molecule has 0 aliphatic carbocycles. The molecule has 1 aliphatic rings. The number of hydrogen-bond acceptors (Lipinski definition) is 3. The van der Waals surface area contributed by atoms with Gasteiger partial charge in [-0.2, -0.15) is 0 Å². The zero-order chi connectivity index (χ0) is 30.2. The van der Waals surface area contributed by atoms with Crippen LogP contribution in [0.5, 0.6) is 0 Å². The Balaban J connectivity index is 1.18. The quantitative estimate of drug-likeness (QED) is 0.193. The molecule has 0 amide bonds. The standard InChI is InChI=1S/C42H26N4/c1-2-11-28(12-3-1)45-36-18-8-5-14-33(36)39-30(16-10-20-38(39)45)27-21-23-29(24-22-27)46-37-19-9-6-15-34(37)41-40-32(25-26-43-41)31-13-4-7-17-35(31)44-42(40)46/h1-26H. The molecule has 9 aromatic rings. The van der Waals surface area contributed by atoms with Crippen molar-refractivity contribution in [1.29, 1.82) is 0 Å². The van der Waals surface area contributed by atoms with Gasteiger partial charge in [-0.1, -0.05) is 97.1 Å². The first kappa shape index (κ1) is 25.1. The molecule has 4 nitrogen and oxygen atoms in total. The molecule has 4 heterocycles. The van der Waals surface area contributed by atoms with Gasteiger partial charge in [-0.05, 0) is 71.1 Å². The van der Waals surface area contributed by atoms with Gasteiger partial charge < -0.3 is 4.57 Å². The molecule has 3 aromatic heterocycles. The average molecular weight is 587 g/mol. The van der Waals surface area contributed by atoms with Crippen molar-refractivity contribution in [3.8, 4) is 28.1 Å². The molecule has 0 N–H and O–H groups in total. The molecule has 1 aliphatic heterocycles. The van der Waals surface area contributed by atoms with Crippen LogP contribution in [-0.4, -0.2) is 14.5 Å². The Morgan fingerprint density at radius 1 is 0.457 bits per heavy atom. The Morgan fingerprint density at radius 2 is 1.17 bits per heavy atom. The summed E-state index contributed by atoms with van der Waals surface area (Å²) in [4.78, 5) is 12.4. The third-order valence-corrected chi connectivity index (χ3v) is 9.36. The van der Waals surface area contributed by atoms with Gasteiger partial charge >= 0.3 is 0 Å². The van der Waals surface area contributed by atoms with Gasteiger partial charge in [-0.3, -0.25) is 9.88 Å². The highest BCUT2D eigenvalue weighted by Gasteiger charge is 2.29. The number of nitrogens with zero attached hydrogens (tertiary/aromatic N) is 4. The van der Waals surface area contributed by atoms with E-state index in [4.69, 9.17) is 9.97 Å². The first-order chi connectivity index (χ1) is 22.8. The van der Waals surface area contributed by atoms with E-state index < -0.39 is 0 Å². The normalized spacial score (nSPS) is 12.3. The fraction of sp³-hybridized carbons (Fsp3) is 0. The smallest absolute Gasteiger partial charge is 0.148 e. The van der Waals surface area contributed by atoms with E-state index in [0.717, 1.165) is 50.4 Å². The predicted molar refractivity (Wildman–Crippen MR) is 190 cm³/mol. The van der Waals surface area contributed by atoms with E-state index in [1.165, 1.54) is 38.3 Å². The third kappa shape index (κ3) is 3.49. The van der Waals surface area contributed by atoms with E-state index in [-0.39, 0.29) is 0 Å². The van der Waals surface area contributed by atoms with Crippen LogP contribution < -0.4 is 4.90 Å². The molecule has 6 aromatic carbocycles. The Kier molecular flexibility index (Phi) is 5.25. The van der Waals surface area contributed by atoms with Gasteiger partial charge in [0.2, 0.25) is 0 Å². The van der Waals surface area contributed by atoms with E-state index in [1.54, 1.807) is 0 Å². The topological polar surface area (TPSA) is 34.0 Å². The Morgan fingerprint density at radius 3 is 2.07 bits per heavy atom. The van der Waals surface area contributed by atoms with Gasteiger partial charge in [0.15, 0.2) is 0 Å². The zero-order valence-corrected chi connectivity index (χ0v) is 24.8. The molecule has 214 valence electrons. The van der Waals surface area contributed by atoms with Crippen LogP contribution >= 0.6 is 0 Å². The van der Waals surface area contributed by atoms with Crippen molar-refractivity contribution in [2.45, 2.75) is 0 Å². The lowest BCUT2D eigenvalue weighted by Gasteiger charge is -2.32. The highest BCUT2D eigenvalue weighted by Crippen LogP contribution is 2.50. The molecular weight excluding hydrogens is 560 g/mol. The maximum absolute atomic E-state index is 5.26. The summed E-state index contributed by atoms with van der Waals surface area (Å²) in [6.07, 6.45) is 1.92. The number of para-hydroxylation sites is 4. The lowest BCUT2D eigenvalue weighted by Crippen LogP contribution is -2.17. The summed E-state index contributed by atoms with van der Waals surface area (Å²) in [6.45, 7) is 0. The van der Waals surface area contributed by atoms with Gasteiger partial charge in [-0.25, -0.2) is 4.98 Å². The van der Waals surface area contributed by atoms with E-state index in [0.29, 0.717) is 0 Å². The molecule has 0 unspecified atom stereocenters. The van der Waals surface area contributed by atoms with Crippen molar-refractivity contribution in [3.05, 3.63) is 158 Å². The molecule has 0 spiro atoms. The molecule has 0 radical (unpaired) electrons. The van der Waals surface area contributed by atoms with Crippen molar-refractivity contribution in [3.63, 3.8) is 0 Å². The van der Waals surface area contributed by atoms with Gasteiger partial charge in [0.25, 0.3) is 0 Å². The molecule has 46 heavy (non-hydrogen) atoms. The van der Waals surface area contributed by atoms with Gasteiger partial charge in [-0.15, -0.1) is 0 Å². The summed E-state index contributed by atoms with van der Waals surface area (Å²) in [6, 6.07) is 53.9. The second-order valence-corrected chi connectivity index (χ2v) is 11.8. The van der Waals surface area contributed by atoms with Crippen LogP contribution in [0.4, 0.5) is 17.2 Å². The fourth-order valence-electron chi connectivity index (χ4n) is 7.40. The average Bonchev–Trinajstić information content (AvgIpc) is 3.47. The van der Waals surface area contributed by atoms with Crippen LogP contribution in [0, 0.1) is 0 Å². The SMILES string of the molecule is c1ccc(-n2c3ccccc3c3c(-c4ccc(N5c6ccccc6-c6nccc7c6c5nc5ccccc57)cc4)cccc32)cc1. The number of anilines is 3. The molecule has 0 bridgehead atoms. The van der Waals surface area contributed by atoms with Crippen LogP contribution in [0.3, 0.4) is 0 Å². The summed E-state index contributed by atoms with van der Waals surface area (Å²) < 4.78 is 2.37. The summed E-state index contributed by atoms with van der Waals surface area (Å²) >= 11 is 0. The first-order valence-corrected chi connectivity index (χ1v) is 15.6. The number of hydrogen-bond donors (Lipinski definition) is 0. The number of aromatic nitrogens is 3. The summed E-state index contributed by atoms with van der Waals surface area (Å²) in [5, 5.41) is 5.90. The highest BCUT2D eigenvalue weighted by molar-refractivity contribution is 6.19. The second-order valence-electron chi connectivity index (χ2n) is 11.8. The van der Waals surface area contributed by atoms with Crippen LogP contribution in [0.1, 0.15) is 0 Å². The van der Waals surface area contributed by atoms with Crippen LogP contribution in [0.25, 0.3) is 71.6 Å². The van der Waals surface area contributed by atoms with Crippen LogP contribution in [0.15, 0.2) is 158 Å². The summed E-state index contributed by atoms with van der Waals surface area (Å²) in [5.41, 5.74) is 11.2. The first-order valence-electron chi connectivity index (χ1n) is 15.6. The van der Waals surface area contributed by atoms with E-state index in [1.807, 2.05) is 6.20 Å². The highest BCUT2D eigenvalue weighted by atomic mass is 15.2. The van der Waals surface area contributed by atoms with Crippen molar-refractivity contribution >= 4 is 60.7 Å². The summed E-state index contributed by atoms with van der Waals surface area (Å²) in [7, 11) is 0. The molecule has 4 heteroatoms. The Hall–Kier alpha value is -6.26. The fourth-order valence-corrected chi connectivity index (χ4v) is 7.40. The minimum atomic E-state index is 0.913. The zero-order valence-electron chi connectivity index (χ0n) is 24.8. The molecule has 0 saturated heterocycles. The number of fused-ring (bicyclic) bond motifs is 7.